The van der Waals surface area contributed by atoms with Crippen LogP contribution in [0.25, 0.3) is 0 Å². The molecule has 144 valence electrons. The molecule has 1 atom stereocenters. The number of nitrogens with one attached hydrogen (secondary N) is 1. The van der Waals surface area contributed by atoms with Crippen LogP contribution in [0.2, 0.25) is 0 Å². The topological polar surface area (TPSA) is 50.8 Å². The zero-order chi connectivity index (χ0) is 19.2. The molecule has 1 aliphatic heterocycles. The lowest BCUT2D eigenvalue weighted by molar-refractivity contribution is -0.121. The number of hydrogen-bond acceptors (Lipinski definition) is 4. The van der Waals surface area contributed by atoms with E-state index in [1.807, 2.05) is 6.07 Å². The van der Waals surface area contributed by atoms with E-state index in [0.29, 0.717) is 35.8 Å². The molecule has 0 aromatic heterocycles. The molecule has 2 aromatic rings. The van der Waals surface area contributed by atoms with Gasteiger partial charge in [0.1, 0.15) is 17.3 Å². The summed E-state index contributed by atoms with van der Waals surface area (Å²) in [6.07, 6.45) is 1.73. The number of anilines is 1. The van der Waals surface area contributed by atoms with E-state index in [1.165, 1.54) is 6.07 Å². The molecular formula is C21H25FN2O3. The van der Waals surface area contributed by atoms with Crippen LogP contribution < -0.4 is 14.8 Å². The Balaban J connectivity index is 1.64. The van der Waals surface area contributed by atoms with Crippen LogP contribution in [0.4, 0.5) is 10.1 Å². The summed E-state index contributed by atoms with van der Waals surface area (Å²) in [5, 5.41) is 2.96. The fraction of sp³-hybridized carbons (Fsp3) is 0.381. The lowest BCUT2D eigenvalue weighted by atomic mass is 9.96. The normalized spacial score (nSPS) is 17.4. The number of nitrogens with zero attached hydrogens (tertiary/aromatic N) is 1. The number of carbonyl (C=O) groups excluding carboxylic acids is 1. The number of piperidine rings is 1. The summed E-state index contributed by atoms with van der Waals surface area (Å²) in [5.41, 5.74) is 1.28. The van der Waals surface area contributed by atoms with Crippen LogP contribution in [0.3, 0.4) is 0 Å². The molecule has 1 aliphatic rings. The van der Waals surface area contributed by atoms with Gasteiger partial charge >= 0.3 is 0 Å². The molecule has 5 nitrogen and oxygen atoms in total. The highest BCUT2D eigenvalue weighted by atomic mass is 19.1. The number of rotatable bonds is 6. The fourth-order valence-electron chi connectivity index (χ4n) is 3.42. The predicted octanol–water partition coefficient (Wildman–Crippen LogP) is 3.69. The Kier molecular flexibility index (Phi) is 6.29. The first kappa shape index (κ1) is 19.2. The third-order valence-electron chi connectivity index (χ3n) is 4.89. The molecule has 27 heavy (non-hydrogen) atoms. The van der Waals surface area contributed by atoms with Gasteiger partial charge in [-0.3, -0.25) is 9.69 Å². The van der Waals surface area contributed by atoms with Crippen molar-refractivity contribution in [3.63, 3.8) is 0 Å². The third kappa shape index (κ3) is 4.77. The van der Waals surface area contributed by atoms with Crippen LogP contribution in [0.1, 0.15) is 18.4 Å². The van der Waals surface area contributed by atoms with Gasteiger partial charge in [0.25, 0.3) is 0 Å². The van der Waals surface area contributed by atoms with Crippen molar-refractivity contribution in [1.82, 2.24) is 4.90 Å². The van der Waals surface area contributed by atoms with E-state index >= 15 is 0 Å². The van der Waals surface area contributed by atoms with E-state index in [2.05, 4.69) is 10.2 Å². The van der Waals surface area contributed by atoms with Crippen LogP contribution in [0.5, 0.6) is 11.5 Å². The van der Waals surface area contributed by atoms with Gasteiger partial charge < -0.3 is 14.8 Å². The second kappa shape index (κ2) is 8.86. The number of likely N-dealkylation sites (tertiary alicyclic amines) is 1. The lowest BCUT2D eigenvalue weighted by Crippen LogP contribution is -2.40. The minimum absolute atomic E-state index is 0.0447. The quantitative estimate of drug-likeness (QED) is 0.840. The minimum Gasteiger partial charge on any atom is -0.497 e. The molecule has 1 fully saturated rings. The largest absolute Gasteiger partial charge is 0.497 e. The van der Waals surface area contributed by atoms with Gasteiger partial charge in [-0.15, -0.1) is 0 Å². The number of methoxy groups -OCH3 is 2. The van der Waals surface area contributed by atoms with E-state index in [-0.39, 0.29) is 17.6 Å². The van der Waals surface area contributed by atoms with E-state index in [1.54, 1.807) is 44.6 Å². The molecule has 6 heteroatoms. The number of benzene rings is 2. The fourth-order valence-corrected chi connectivity index (χ4v) is 3.42. The summed E-state index contributed by atoms with van der Waals surface area (Å²) in [4.78, 5) is 14.9. The summed E-state index contributed by atoms with van der Waals surface area (Å²) < 4.78 is 24.4. The molecular weight excluding hydrogens is 347 g/mol. The predicted molar refractivity (Wildman–Crippen MR) is 103 cm³/mol. The zero-order valence-corrected chi connectivity index (χ0v) is 15.7. The Morgan fingerprint density at radius 3 is 2.78 bits per heavy atom. The highest BCUT2D eigenvalue weighted by Gasteiger charge is 2.27. The number of carbonyl (C=O) groups is 1. The van der Waals surface area contributed by atoms with Gasteiger partial charge in [0.05, 0.1) is 25.8 Å². The Labute approximate surface area is 159 Å². The summed E-state index contributed by atoms with van der Waals surface area (Å²) in [6.45, 7) is 1.99. The van der Waals surface area contributed by atoms with Crippen molar-refractivity contribution in [2.24, 2.45) is 5.92 Å². The summed E-state index contributed by atoms with van der Waals surface area (Å²) in [7, 11) is 3.14. The summed E-state index contributed by atoms with van der Waals surface area (Å²) in [5.74, 6) is 0.835. The Morgan fingerprint density at radius 2 is 2.04 bits per heavy atom. The van der Waals surface area contributed by atoms with E-state index in [0.717, 1.165) is 19.4 Å². The van der Waals surface area contributed by atoms with E-state index in [9.17, 15) is 9.18 Å². The van der Waals surface area contributed by atoms with Crippen molar-refractivity contribution in [1.29, 1.82) is 0 Å². The van der Waals surface area contributed by atoms with Crippen LogP contribution in [-0.2, 0) is 11.3 Å². The smallest absolute Gasteiger partial charge is 0.228 e. The number of amides is 1. The van der Waals surface area contributed by atoms with Crippen molar-refractivity contribution < 1.29 is 18.7 Å². The van der Waals surface area contributed by atoms with E-state index in [4.69, 9.17) is 9.47 Å². The van der Waals surface area contributed by atoms with Gasteiger partial charge in [0, 0.05) is 24.7 Å². The maximum absolute atomic E-state index is 13.9. The Bertz CT molecular complexity index is 797. The molecule has 1 N–H and O–H groups in total. The van der Waals surface area contributed by atoms with E-state index < -0.39 is 0 Å². The standard InChI is InChI=1S/C21H25FN2O3/c1-26-17-9-10-19(20(12-17)27-2)23-21(25)16-7-5-11-24(14-16)13-15-6-3-4-8-18(15)22/h3-4,6,8-10,12,16H,5,7,11,13-14H2,1-2H3,(H,23,25). The van der Waals surface area contributed by atoms with Crippen LogP contribution in [0.15, 0.2) is 42.5 Å². The third-order valence-corrected chi connectivity index (χ3v) is 4.89. The molecule has 0 bridgehead atoms. The highest BCUT2D eigenvalue weighted by Crippen LogP contribution is 2.30. The first-order valence-electron chi connectivity index (χ1n) is 9.09. The van der Waals surface area contributed by atoms with Crippen LogP contribution >= 0.6 is 0 Å². The molecule has 0 spiro atoms. The van der Waals surface area contributed by atoms with Crippen LogP contribution in [0, 0.1) is 11.7 Å². The Hall–Kier alpha value is -2.60. The van der Waals surface area contributed by atoms with Crippen LogP contribution in [-0.4, -0.2) is 38.1 Å². The second-order valence-electron chi connectivity index (χ2n) is 6.72. The number of halogens is 1. The van der Waals surface area contributed by atoms with Crippen molar-refractivity contribution in [3.8, 4) is 11.5 Å². The summed E-state index contributed by atoms with van der Waals surface area (Å²) >= 11 is 0. The van der Waals surface area contributed by atoms with Crippen molar-refractivity contribution in [2.75, 3.05) is 32.6 Å². The first-order chi connectivity index (χ1) is 13.1. The lowest BCUT2D eigenvalue weighted by Gasteiger charge is -2.32. The molecule has 1 saturated heterocycles. The highest BCUT2D eigenvalue weighted by molar-refractivity contribution is 5.94. The van der Waals surface area contributed by atoms with Gasteiger partial charge in [0.15, 0.2) is 0 Å². The number of ether oxygens (including phenoxy) is 2. The van der Waals surface area contributed by atoms with Gasteiger partial charge in [-0.05, 0) is 37.6 Å². The SMILES string of the molecule is COc1ccc(NC(=O)C2CCCN(Cc3ccccc3F)C2)c(OC)c1. The van der Waals surface area contributed by atoms with Gasteiger partial charge in [-0.1, -0.05) is 18.2 Å². The second-order valence-corrected chi connectivity index (χ2v) is 6.72. The van der Waals surface area contributed by atoms with Crippen molar-refractivity contribution in [2.45, 2.75) is 19.4 Å². The molecule has 2 aromatic carbocycles. The number of hydrogen-bond donors (Lipinski definition) is 1. The molecule has 0 radical (unpaired) electrons. The molecule has 1 unspecified atom stereocenters. The monoisotopic (exact) mass is 372 g/mol. The molecule has 0 aliphatic carbocycles. The molecule has 3 rings (SSSR count). The average molecular weight is 372 g/mol. The first-order valence-corrected chi connectivity index (χ1v) is 9.09. The molecule has 0 saturated carbocycles. The zero-order valence-electron chi connectivity index (χ0n) is 15.7. The molecule has 1 amide bonds. The van der Waals surface area contributed by atoms with Gasteiger partial charge in [-0.25, -0.2) is 4.39 Å². The molecule has 1 heterocycles. The van der Waals surface area contributed by atoms with Crippen molar-refractivity contribution in [3.05, 3.63) is 53.8 Å². The Morgan fingerprint density at radius 1 is 1.22 bits per heavy atom. The summed E-state index contributed by atoms with van der Waals surface area (Å²) in [6, 6.07) is 12.1. The van der Waals surface area contributed by atoms with Gasteiger partial charge in [-0.2, -0.15) is 0 Å². The average Bonchev–Trinajstić information content (AvgIpc) is 2.70. The van der Waals surface area contributed by atoms with Gasteiger partial charge in [0.2, 0.25) is 5.91 Å². The maximum atomic E-state index is 13.9. The maximum Gasteiger partial charge on any atom is 0.228 e. The minimum atomic E-state index is -0.202. The van der Waals surface area contributed by atoms with Crippen molar-refractivity contribution >= 4 is 11.6 Å².